The SMILES string of the molecule is O=CN(Cc1cccnc1)c1ccc(-c2cccc(F)c2)nc1NCCc1cccc(F)c1. The molecule has 4 aromatic rings. The summed E-state index contributed by atoms with van der Waals surface area (Å²) in [6.07, 6.45) is 4.67. The van der Waals surface area contributed by atoms with Crippen molar-refractivity contribution in [3.63, 3.8) is 0 Å². The van der Waals surface area contributed by atoms with Crippen LogP contribution in [0, 0.1) is 11.6 Å². The van der Waals surface area contributed by atoms with Crippen LogP contribution in [0.25, 0.3) is 11.3 Å². The van der Waals surface area contributed by atoms with E-state index >= 15 is 0 Å². The van der Waals surface area contributed by atoms with Gasteiger partial charge in [-0.05, 0) is 60.0 Å². The minimum absolute atomic E-state index is 0.289. The largest absolute Gasteiger partial charge is 0.368 e. The highest BCUT2D eigenvalue weighted by Crippen LogP contribution is 2.29. The van der Waals surface area contributed by atoms with Gasteiger partial charge in [-0.2, -0.15) is 0 Å². The lowest BCUT2D eigenvalue weighted by Gasteiger charge is -2.21. The zero-order chi connectivity index (χ0) is 23.0. The summed E-state index contributed by atoms with van der Waals surface area (Å²) in [4.78, 5) is 22.3. The van der Waals surface area contributed by atoms with Crippen molar-refractivity contribution in [3.05, 3.63) is 108 Å². The Kier molecular flexibility index (Phi) is 6.99. The summed E-state index contributed by atoms with van der Waals surface area (Å²) in [6.45, 7) is 0.784. The second-order valence-electron chi connectivity index (χ2n) is 7.48. The molecule has 0 saturated heterocycles. The van der Waals surface area contributed by atoms with Crippen LogP contribution in [-0.2, 0) is 17.8 Å². The number of hydrogen-bond acceptors (Lipinski definition) is 4. The molecule has 0 fully saturated rings. The van der Waals surface area contributed by atoms with Crippen molar-refractivity contribution in [2.24, 2.45) is 0 Å². The van der Waals surface area contributed by atoms with Gasteiger partial charge in [-0.25, -0.2) is 13.8 Å². The molecule has 0 aliphatic heterocycles. The van der Waals surface area contributed by atoms with Crippen molar-refractivity contribution < 1.29 is 13.6 Å². The number of anilines is 2. The molecule has 33 heavy (non-hydrogen) atoms. The van der Waals surface area contributed by atoms with Crippen LogP contribution in [0.5, 0.6) is 0 Å². The van der Waals surface area contributed by atoms with E-state index in [4.69, 9.17) is 0 Å². The first-order chi connectivity index (χ1) is 16.1. The van der Waals surface area contributed by atoms with E-state index in [2.05, 4.69) is 15.3 Å². The molecule has 5 nitrogen and oxygen atoms in total. The molecule has 0 bridgehead atoms. The molecular formula is C26H22F2N4O. The van der Waals surface area contributed by atoms with Gasteiger partial charge in [0.2, 0.25) is 6.41 Å². The van der Waals surface area contributed by atoms with Crippen molar-refractivity contribution in [2.75, 3.05) is 16.8 Å². The van der Waals surface area contributed by atoms with Crippen molar-refractivity contribution >= 4 is 17.9 Å². The molecular weight excluding hydrogens is 422 g/mol. The molecule has 7 heteroatoms. The van der Waals surface area contributed by atoms with Crippen LogP contribution in [0.3, 0.4) is 0 Å². The average molecular weight is 444 g/mol. The zero-order valence-corrected chi connectivity index (χ0v) is 17.8. The third-order valence-corrected chi connectivity index (χ3v) is 5.10. The monoisotopic (exact) mass is 444 g/mol. The molecule has 0 atom stereocenters. The van der Waals surface area contributed by atoms with Gasteiger partial charge in [0.05, 0.1) is 17.9 Å². The third-order valence-electron chi connectivity index (χ3n) is 5.10. The van der Waals surface area contributed by atoms with Gasteiger partial charge in [-0.15, -0.1) is 0 Å². The van der Waals surface area contributed by atoms with Crippen LogP contribution in [0.15, 0.2) is 85.2 Å². The average Bonchev–Trinajstić information content (AvgIpc) is 2.83. The molecule has 0 aliphatic carbocycles. The summed E-state index contributed by atoms with van der Waals surface area (Å²) >= 11 is 0. The van der Waals surface area contributed by atoms with Gasteiger partial charge in [0.15, 0.2) is 5.82 Å². The van der Waals surface area contributed by atoms with Gasteiger partial charge in [0, 0.05) is 24.5 Å². The van der Waals surface area contributed by atoms with E-state index in [0.29, 0.717) is 42.3 Å². The lowest BCUT2D eigenvalue weighted by Crippen LogP contribution is -2.23. The summed E-state index contributed by atoms with van der Waals surface area (Å²) < 4.78 is 27.2. The molecule has 0 unspecified atom stereocenters. The van der Waals surface area contributed by atoms with E-state index in [9.17, 15) is 13.6 Å². The first-order valence-electron chi connectivity index (χ1n) is 10.5. The number of pyridine rings is 2. The number of aromatic nitrogens is 2. The Morgan fingerprint density at radius 1 is 0.909 bits per heavy atom. The van der Waals surface area contributed by atoms with Crippen LogP contribution < -0.4 is 10.2 Å². The van der Waals surface area contributed by atoms with E-state index in [1.165, 1.54) is 29.2 Å². The van der Waals surface area contributed by atoms with Gasteiger partial charge < -0.3 is 10.2 Å². The maximum Gasteiger partial charge on any atom is 0.214 e. The van der Waals surface area contributed by atoms with Crippen LogP contribution in [0.4, 0.5) is 20.3 Å². The lowest BCUT2D eigenvalue weighted by atomic mass is 10.1. The van der Waals surface area contributed by atoms with Gasteiger partial charge in [-0.1, -0.05) is 30.3 Å². The van der Waals surface area contributed by atoms with Crippen molar-refractivity contribution in [1.29, 1.82) is 0 Å². The maximum atomic E-state index is 13.7. The van der Waals surface area contributed by atoms with Crippen LogP contribution >= 0.6 is 0 Å². The molecule has 0 spiro atoms. The summed E-state index contributed by atoms with van der Waals surface area (Å²) in [5, 5.41) is 3.26. The molecule has 166 valence electrons. The van der Waals surface area contributed by atoms with Crippen molar-refractivity contribution in [2.45, 2.75) is 13.0 Å². The normalized spacial score (nSPS) is 10.6. The van der Waals surface area contributed by atoms with Gasteiger partial charge >= 0.3 is 0 Å². The van der Waals surface area contributed by atoms with E-state index in [0.717, 1.165) is 17.5 Å². The highest BCUT2D eigenvalue weighted by Gasteiger charge is 2.15. The second-order valence-corrected chi connectivity index (χ2v) is 7.48. The zero-order valence-electron chi connectivity index (χ0n) is 17.8. The predicted molar refractivity (Wildman–Crippen MR) is 125 cm³/mol. The second kappa shape index (κ2) is 10.5. The number of benzene rings is 2. The molecule has 4 rings (SSSR count). The minimum atomic E-state index is -0.356. The number of carbonyl (C=O) groups is 1. The Morgan fingerprint density at radius 3 is 2.42 bits per heavy atom. The van der Waals surface area contributed by atoms with Crippen molar-refractivity contribution in [1.82, 2.24) is 9.97 Å². The number of hydrogen-bond donors (Lipinski definition) is 1. The maximum absolute atomic E-state index is 13.7. The Hall–Kier alpha value is -4.13. The fraction of sp³-hybridized carbons (Fsp3) is 0.115. The number of rotatable bonds is 9. The first kappa shape index (κ1) is 22.1. The van der Waals surface area contributed by atoms with Crippen molar-refractivity contribution in [3.8, 4) is 11.3 Å². The van der Waals surface area contributed by atoms with E-state index < -0.39 is 0 Å². The van der Waals surface area contributed by atoms with E-state index in [1.807, 2.05) is 18.2 Å². The number of nitrogens with zero attached hydrogens (tertiary/aromatic N) is 3. The molecule has 2 aromatic heterocycles. The first-order valence-corrected chi connectivity index (χ1v) is 10.5. The van der Waals surface area contributed by atoms with Gasteiger partial charge in [0.25, 0.3) is 0 Å². The summed E-state index contributed by atoms with van der Waals surface area (Å²) in [5.74, 6) is -0.169. The van der Waals surface area contributed by atoms with E-state index in [-0.39, 0.29) is 11.6 Å². The highest BCUT2D eigenvalue weighted by molar-refractivity contribution is 5.83. The predicted octanol–water partition coefficient (Wildman–Crippen LogP) is 5.24. The Morgan fingerprint density at radius 2 is 1.70 bits per heavy atom. The third kappa shape index (κ3) is 5.77. The smallest absolute Gasteiger partial charge is 0.214 e. The van der Waals surface area contributed by atoms with Crippen LogP contribution in [0.1, 0.15) is 11.1 Å². The quantitative estimate of drug-likeness (QED) is 0.359. The Labute approximate surface area is 190 Å². The summed E-state index contributed by atoms with van der Waals surface area (Å²) in [7, 11) is 0. The molecule has 2 aromatic carbocycles. The number of halogens is 2. The topological polar surface area (TPSA) is 58.1 Å². The molecule has 2 heterocycles. The van der Waals surface area contributed by atoms with Gasteiger partial charge in [0.1, 0.15) is 11.6 Å². The molecule has 0 aliphatic rings. The standard InChI is InChI=1S/C26H22F2N4O/c27-22-7-1-4-19(14-22)11-13-30-26-25(32(18-33)17-20-5-3-12-29-16-20)10-9-24(31-26)21-6-2-8-23(28)15-21/h1-10,12,14-16,18H,11,13,17H2,(H,30,31). The minimum Gasteiger partial charge on any atom is -0.368 e. The van der Waals surface area contributed by atoms with E-state index in [1.54, 1.807) is 42.7 Å². The van der Waals surface area contributed by atoms with Crippen LogP contribution in [0.2, 0.25) is 0 Å². The Bertz CT molecular complexity index is 1230. The molecule has 1 N–H and O–H groups in total. The Balaban J connectivity index is 1.63. The number of nitrogens with one attached hydrogen (secondary N) is 1. The number of amides is 1. The lowest BCUT2D eigenvalue weighted by molar-refractivity contribution is -0.107. The molecule has 0 saturated carbocycles. The summed E-state index contributed by atoms with van der Waals surface area (Å²) in [6, 6.07) is 19.8. The summed E-state index contributed by atoms with van der Waals surface area (Å²) in [5.41, 5.74) is 3.48. The fourth-order valence-electron chi connectivity index (χ4n) is 3.51. The number of carbonyl (C=O) groups excluding carboxylic acids is 1. The van der Waals surface area contributed by atoms with Gasteiger partial charge in [-0.3, -0.25) is 9.78 Å². The molecule has 0 radical (unpaired) electrons. The van der Waals surface area contributed by atoms with Crippen LogP contribution in [-0.4, -0.2) is 22.9 Å². The fourth-order valence-corrected chi connectivity index (χ4v) is 3.51. The highest BCUT2D eigenvalue weighted by atomic mass is 19.1. The molecule has 1 amide bonds.